The Morgan fingerprint density at radius 2 is 2.18 bits per heavy atom. The van der Waals surface area contributed by atoms with Crippen LogP contribution >= 0.6 is 0 Å². The van der Waals surface area contributed by atoms with Gasteiger partial charge < -0.3 is 5.32 Å². The number of amides is 1. The first-order valence-corrected chi connectivity index (χ1v) is 5.00. The van der Waals surface area contributed by atoms with Gasteiger partial charge in [-0.1, -0.05) is 0 Å². The first-order chi connectivity index (χ1) is 8.16. The predicted octanol–water partition coefficient (Wildman–Crippen LogP) is 2.18. The molecule has 17 heavy (non-hydrogen) atoms. The molecule has 86 valence electrons. The Morgan fingerprint density at radius 3 is 2.88 bits per heavy atom. The van der Waals surface area contributed by atoms with Crippen molar-refractivity contribution in [3.63, 3.8) is 0 Å². The number of anilines is 1. The van der Waals surface area contributed by atoms with E-state index in [1.54, 1.807) is 18.3 Å². The summed E-state index contributed by atoms with van der Waals surface area (Å²) in [5.74, 6) is -1.15. The highest BCUT2D eigenvalue weighted by Crippen LogP contribution is 2.11. The van der Waals surface area contributed by atoms with Crippen LogP contribution in [0.4, 0.5) is 10.1 Å². The second-order valence-corrected chi connectivity index (χ2v) is 3.50. The molecule has 0 atom stereocenters. The highest BCUT2D eigenvalue weighted by atomic mass is 19.1. The Balaban J connectivity index is 2.20. The van der Waals surface area contributed by atoms with Crippen LogP contribution in [0.2, 0.25) is 0 Å². The average Bonchev–Trinajstić information content (AvgIpc) is 2.29. The maximum absolute atomic E-state index is 13.3. The number of nitrogens with one attached hydrogen (secondary N) is 1. The lowest BCUT2D eigenvalue weighted by atomic mass is 10.2. The van der Waals surface area contributed by atoms with Crippen molar-refractivity contribution in [2.45, 2.75) is 6.92 Å². The predicted molar refractivity (Wildman–Crippen MR) is 61.1 cm³/mol. The monoisotopic (exact) mass is 231 g/mol. The number of hydrogen-bond donors (Lipinski definition) is 1. The lowest BCUT2D eigenvalue weighted by Crippen LogP contribution is -2.14. The highest BCUT2D eigenvalue weighted by Gasteiger charge is 2.11. The van der Waals surface area contributed by atoms with Gasteiger partial charge in [-0.25, -0.2) is 4.39 Å². The topological polar surface area (TPSA) is 54.9 Å². The third-order valence-electron chi connectivity index (χ3n) is 2.17. The molecule has 0 saturated heterocycles. The lowest BCUT2D eigenvalue weighted by molar-refractivity contribution is 0.102. The van der Waals surface area contributed by atoms with Gasteiger partial charge in [0.2, 0.25) is 0 Å². The second-order valence-electron chi connectivity index (χ2n) is 3.50. The lowest BCUT2D eigenvalue weighted by Gasteiger charge is -2.05. The van der Waals surface area contributed by atoms with Gasteiger partial charge in [0, 0.05) is 23.8 Å². The van der Waals surface area contributed by atoms with E-state index in [9.17, 15) is 9.18 Å². The average molecular weight is 231 g/mol. The van der Waals surface area contributed by atoms with Crippen LogP contribution in [0.3, 0.4) is 0 Å². The van der Waals surface area contributed by atoms with Crippen LogP contribution in [0.15, 0.2) is 36.8 Å². The van der Waals surface area contributed by atoms with Crippen LogP contribution in [0.1, 0.15) is 16.1 Å². The Hall–Kier alpha value is -2.30. The van der Waals surface area contributed by atoms with Crippen LogP contribution in [0.25, 0.3) is 0 Å². The standard InChI is InChI=1S/C12H10FN3O/c1-8-6-9(2-5-15-8)16-12(17)10-3-4-14-7-11(10)13/h2-7H,1H3,(H,15,16,17). The van der Waals surface area contributed by atoms with Gasteiger partial charge in [0.1, 0.15) is 0 Å². The Bertz CT molecular complexity index is 557. The van der Waals surface area contributed by atoms with E-state index in [0.717, 1.165) is 11.9 Å². The number of carbonyl (C=O) groups is 1. The number of halogens is 1. The smallest absolute Gasteiger partial charge is 0.258 e. The fourth-order valence-corrected chi connectivity index (χ4v) is 1.38. The molecule has 0 unspecified atom stereocenters. The zero-order valence-electron chi connectivity index (χ0n) is 9.14. The zero-order valence-corrected chi connectivity index (χ0v) is 9.14. The molecular weight excluding hydrogens is 221 g/mol. The van der Waals surface area contributed by atoms with Crippen molar-refractivity contribution in [3.05, 3.63) is 53.9 Å². The molecule has 0 aromatic carbocycles. The van der Waals surface area contributed by atoms with Crippen molar-refractivity contribution >= 4 is 11.6 Å². The molecule has 0 radical (unpaired) electrons. The summed E-state index contributed by atoms with van der Waals surface area (Å²) in [5.41, 5.74) is 1.33. The summed E-state index contributed by atoms with van der Waals surface area (Å²) >= 11 is 0. The number of pyridine rings is 2. The fraction of sp³-hybridized carbons (Fsp3) is 0.0833. The molecule has 2 rings (SSSR count). The molecular formula is C12H10FN3O. The van der Waals surface area contributed by atoms with Crippen LogP contribution in [-0.4, -0.2) is 15.9 Å². The van der Waals surface area contributed by atoms with Gasteiger partial charge in [-0.3, -0.25) is 14.8 Å². The zero-order chi connectivity index (χ0) is 12.3. The Labute approximate surface area is 97.5 Å². The number of rotatable bonds is 2. The highest BCUT2D eigenvalue weighted by molar-refractivity contribution is 6.04. The quantitative estimate of drug-likeness (QED) is 0.861. The van der Waals surface area contributed by atoms with Crippen molar-refractivity contribution in [3.8, 4) is 0 Å². The second kappa shape index (κ2) is 4.69. The third-order valence-corrected chi connectivity index (χ3v) is 2.17. The minimum absolute atomic E-state index is 0.0329. The number of carbonyl (C=O) groups excluding carboxylic acids is 1. The summed E-state index contributed by atoms with van der Waals surface area (Å²) in [7, 11) is 0. The summed E-state index contributed by atoms with van der Waals surface area (Å²) < 4.78 is 13.3. The van der Waals surface area contributed by atoms with E-state index in [4.69, 9.17) is 0 Å². The molecule has 1 N–H and O–H groups in total. The maximum Gasteiger partial charge on any atom is 0.258 e. The van der Waals surface area contributed by atoms with Crippen molar-refractivity contribution in [2.75, 3.05) is 5.32 Å². The third kappa shape index (κ3) is 2.63. The van der Waals surface area contributed by atoms with Crippen molar-refractivity contribution in [1.82, 2.24) is 9.97 Å². The largest absolute Gasteiger partial charge is 0.322 e. The molecule has 2 heterocycles. The van der Waals surface area contributed by atoms with Crippen LogP contribution in [-0.2, 0) is 0 Å². The Morgan fingerprint density at radius 1 is 1.35 bits per heavy atom. The number of nitrogens with zero attached hydrogens (tertiary/aromatic N) is 2. The molecule has 0 fully saturated rings. The fourth-order valence-electron chi connectivity index (χ4n) is 1.38. The molecule has 0 bridgehead atoms. The van der Waals surface area contributed by atoms with Crippen molar-refractivity contribution < 1.29 is 9.18 Å². The normalized spacial score (nSPS) is 10.0. The van der Waals surface area contributed by atoms with Gasteiger partial charge in [0.15, 0.2) is 5.82 Å². The molecule has 2 aromatic heterocycles. The van der Waals surface area contributed by atoms with Gasteiger partial charge in [-0.05, 0) is 25.1 Å². The SMILES string of the molecule is Cc1cc(NC(=O)c2ccncc2F)ccn1. The number of aromatic nitrogens is 2. The molecule has 0 spiro atoms. The molecule has 0 aliphatic carbocycles. The minimum Gasteiger partial charge on any atom is -0.322 e. The molecule has 1 amide bonds. The van der Waals surface area contributed by atoms with Crippen LogP contribution in [0, 0.1) is 12.7 Å². The number of aryl methyl sites for hydroxylation is 1. The number of hydrogen-bond acceptors (Lipinski definition) is 3. The molecule has 0 saturated carbocycles. The van der Waals surface area contributed by atoms with E-state index >= 15 is 0 Å². The van der Waals surface area contributed by atoms with E-state index in [0.29, 0.717) is 5.69 Å². The van der Waals surface area contributed by atoms with Crippen LogP contribution in [0.5, 0.6) is 0 Å². The van der Waals surface area contributed by atoms with E-state index in [-0.39, 0.29) is 5.56 Å². The van der Waals surface area contributed by atoms with E-state index in [1.165, 1.54) is 12.3 Å². The molecule has 5 heteroatoms. The first kappa shape index (κ1) is 11.2. The van der Waals surface area contributed by atoms with E-state index in [1.807, 2.05) is 6.92 Å². The van der Waals surface area contributed by atoms with Gasteiger partial charge in [0.05, 0.1) is 11.8 Å². The molecule has 2 aromatic rings. The van der Waals surface area contributed by atoms with Crippen molar-refractivity contribution in [2.24, 2.45) is 0 Å². The van der Waals surface area contributed by atoms with E-state index in [2.05, 4.69) is 15.3 Å². The van der Waals surface area contributed by atoms with Crippen molar-refractivity contribution in [1.29, 1.82) is 0 Å². The summed E-state index contributed by atoms with van der Waals surface area (Å²) in [6.07, 6.45) is 3.95. The van der Waals surface area contributed by atoms with E-state index < -0.39 is 11.7 Å². The summed E-state index contributed by atoms with van der Waals surface area (Å²) in [4.78, 5) is 19.3. The first-order valence-electron chi connectivity index (χ1n) is 5.00. The summed E-state index contributed by atoms with van der Waals surface area (Å²) in [6, 6.07) is 4.68. The van der Waals surface area contributed by atoms with Gasteiger partial charge in [-0.2, -0.15) is 0 Å². The molecule has 0 aliphatic rings. The van der Waals surface area contributed by atoms with Gasteiger partial charge >= 0.3 is 0 Å². The van der Waals surface area contributed by atoms with Gasteiger partial charge in [-0.15, -0.1) is 0 Å². The van der Waals surface area contributed by atoms with Crippen LogP contribution < -0.4 is 5.32 Å². The molecule has 4 nitrogen and oxygen atoms in total. The minimum atomic E-state index is -0.643. The summed E-state index contributed by atoms with van der Waals surface area (Å²) in [5, 5.41) is 2.59. The van der Waals surface area contributed by atoms with Gasteiger partial charge in [0.25, 0.3) is 5.91 Å². The Kier molecular flexibility index (Phi) is 3.09. The molecule has 0 aliphatic heterocycles. The summed E-state index contributed by atoms with van der Waals surface area (Å²) in [6.45, 7) is 1.81. The maximum atomic E-state index is 13.3.